The number of carbonyl (C=O) groups is 2. The van der Waals surface area contributed by atoms with Gasteiger partial charge in [-0.05, 0) is 83.8 Å². The van der Waals surface area contributed by atoms with Crippen molar-refractivity contribution in [2.45, 2.75) is 95.5 Å². The number of fused-ring (bicyclic) bond motifs is 4. The second-order valence-corrected chi connectivity index (χ2v) is 14.2. The van der Waals surface area contributed by atoms with Crippen molar-refractivity contribution in [2.75, 3.05) is 19.8 Å². The summed E-state index contributed by atoms with van der Waals surface area (Å²) in [5, 5.41) is 5.91. The van der Waals surface area contributed by atoms with Gasteiger partial charge in [-0.2, -0.15) is 0 Å². The Morgan fingerprint density at radius 3 is 2.43 bits per heavy atom. The van der Waals surface area contributed by atoms with Gasteiger partial charge < -0.3 is 29.6 Å². The number of nitrogens with zero attached hydrogens (tertiary/aromatic N) is 2. The van der Waals surface area contributed by atoms with E-state index in [0.29, 0.717) is 55.1 Å². The number of nitrogens with one attached hydrogen (secondary N) is 2. The van der Waals surface area contributed by atoms with Crippen molar-refractivity contribution >= 4 is 23.2 Å². The minimum absolute atomic E-state index is 0.183. The monoisotopic (exact) mass is 634 g/mol. The quantitative estimate of drug-likeness (QED) is 0.249. The first-order valence-electron chi connectivity index (χ1n) is 16.1. The molecule has 2 N–H and O–H groups in total. The summed E-state index contributed by atoms with van der Waals surface area (Å²) in [6.45, 7) is 6.96. The normalized spacial score (nSPS) is 23.0. The largest absolute Gasteiger partial charge is 0.477 e. The highest BCUT2D eigenvalue weighted by Crippen LogP contribution is 2.47. The second kappa shape index (κ2) is 12.7. The Hall–Kier alpha value is -3.99. The molecule has 4 fully saturated rings. The number of rotatable bonds is 11. The molecule has 4 heterocycles. The number of halogens is 1. The second-order valence-electron chi connectivity index (χ2n) is 14.2. The lowest BCUT2D eigenvalue weighted by atomic mass is 9.69. The molecular weight excluding hydrogens is 591 g/mol. The lowest BCUT2D eigenvalue weighted by Crippen LogP contribution is -2.63. The summed E-state index contributed by atoms with van der Waals surface area (Å²) >= 11 is 0. The Kier molecular flexibility index (Phi) is 8.80. The number of hydrogen-bond acceptors (Lipinski definition) is 8. The van der Waals surface area contributed by atoms with Crippen molar-refractivity contribution in [3.8, 4) is 5.88 Å². The molecule has 2 bridgehead atoms. The molecule has 2 saturated heterocycles. The highest BCUT2D eigenvalue weighted by molar-refractivity contribution is 5.78. The van der Waals surface area contributed by atoms with Crippen LogP contribution >= 0.6 is 0 Å². The molecule has 0 unspecified atom stereocenters. The number of amides is 2. The summed E-state index contributed by atoms with van der Waals surface area (Å²) in [5.74, 6) is -0.0141. The third kappa shape index (κ3) is 7.68. The van der Waals surface area contributed by atoms with Crippen LogP contribution < -0.4 is 15.4 Å². The molecular formula is C35H43FN4O6. The first-order valence-corrected chi connectivity index (χ1v) is 16.1. The van der Waals surface area contributed by atoms with Gasteiger partial charge in [0.1, 0.15) is 18.0 Å². The Morgan fingerprint density at radius 2 is 1.76 bits per heavy atom. The van der Waals surface area contributed by atoms with Crippen molar-refractivity contribution in [3.63, 3.8) is 0 Å². The van der Waals surface area contributed by atoms with Crippen molar-refractivity contribution in [1.29, 1.82) is 0 Å². The topological polar surface area (TPSA) is 121 Å². The maximum atomic E-state index is 15.2. The molecule has 4 aliphatic rings. The number of pyridine rings is 2. The van der Waals surface area contributed by atoms with E-state index >= 15 is 4.39 Å². The molecule has 46 heavy (non-hydrogen) atoms. The first-order chi connectivity index (χ1) is 22.0. The van der Waals surface area contributed by atoms with Crippen LogP contribution in [-0.2, 0) is 27.2 Å². The van der Waals surface area contributed by atoms with Crippen LogP contribution in [0.3, 0.4) is 0 Å². The summed E-state index contributed by atoms with van der Waals surface area (Å²) in [6.07, 6.45) is 6.36. The van der Waals surface area contributed by atoms with Gasteiger partial charge in [-0.1, -0.05) is 30.3 Å². The van der Waals surface area contributed by atoms with Gasteiger partial charge in [0.2, 0.25) is 5.88 Å². The number of aryl methyl sites for hydroxylation is 1. The fourth-order valence-corrected chi connectivity index (χ4v) is 6.33. The molecule has 0 spiro atoms. The molecule has 246 valence electrons. The van der Waals surface area contributed by atoms with E-state index in [2.05, 4.69) is 20.6 Å². The molecule has 7 rings (SSSR count). The van der Waals surface area contributed by atoms with Crippen LogP contribution in [0.2, 0.25) is 0 Å². The van der Waals surface area contributed by atoms with Gasteiger partial charge >= 0.3 is 12.2 Å². The Morgan fingerprint density at radius 1 is 1.00 bits per heavy atom. The highest BCUT2D eigenvalue weighted by atomic mass is 19.1. The van der Waals surface area contributed by atoms with Gasteiger partial charge in [0.25, 0.3) is 0 Å². The summed E-state index contributed by atoms with van der Waals surface area (Å²) in [6, 6.07) is 13.1. The van der Waals surface area contributed by atoms with Crippen LogP contribution in [0.4, 0.5) is 14.0 Å². The van der Waals surface area contributed by atoms with E-state index in [1.54, 1.807) is 12.1 Å². The lowest BCUT2D eigenvalue weighted by molar-refractivity contribution is -0.163. The zero-order valence-corrected chi connectivity index (χ0v) is 26.8. The average Bonchev–Trinajstić information content (AvgIpc) is 3.82. The van der Waals surface area contributed by atoms with Crippen LogP contribution in [0, 0.1) is 11.2 Å². The average molecular weight is 635 g/mol. The van der Waals surface area contributed by atoms with Gasteiger partial charge in [-0.15, -0.1) is 0 Å². The number of alkyl carbamates (subject to hydrolysis) is 2. The standard InChI is InChI=1S/C35H43FN4O6/c1-32(2,3)46-31(42)40-34-15-17-35(18-16-34,45-23-34)12-11-25-26(36)19-37-27-9-10-28(39-29(25)27)44-22-33(13-14-33)21-38-30(41)43-20-24-7-5-4-6-8-24/h4-10,19H,11-18,20-23H2,1-3H3,(H,38,41)(H,40,42). The fourth-order valence-electron chi connectivity index (χ4n) is 6.33. The molecule has 0 atom stereocenters. The van der Waals surface area contributed by atoms with E-state index in [1.807, 2.05) is 51.1 Å². The first kappa shape index (κ1) is 32.0. The van der Waals surface area contributed by atoms with E-state index in [0.717, 1.165) is 44.1 Å². The maximum absolute atomic E-state index is 15.2. The van der Waals surface area contributed by atoms with Crippen LogP contribution in [-0.4, -0.2) is 58.7 Å². The third-order valence-corrected chi connectivity index (χ3v) is 9.41. The predicted molar refractivity (Wildman–Crippen MR) is 169 cm³/mol. The van der Waals surface area contributed by atoms with E-state index in [9.17, 15) is 9.59 Å². The molecule has 2 aromatic heterocycles. The van der Waals surface area contributed by atoms with E-state index in [4.69, 9.17) is 18.9 Å². The van der Waals surface area contributed by atoms with Gasteiger partial charge in [0.05, 0.1) is 41.6 Å². The van der Waals surface area contributed by atoms with Crippen molar-refractivity contribution < 1.29 is 32.9 Å². The highest BCUT2D eigenvalue weighted by Gasteiger charge is 2.50. The number of benzene rings is 1. The zero-order valence-electron chi connectivity index (χ0n) is 26.8. The summed E-state index contributed by atoms with van der Waals surface area (Å²) in [5.41, 5.74) is 0.941. The molecule has 11 heteroatoms. The van der Waals surface area contributed by atoms with E-state index in [-0.39, 0.29) is 17.6 Å². The van der Waals surface area contributed by atoms with Gasteiger partial charge in [0, 0.05) is 23.6 Å². The molecule has 2 saturated carbocycles. The summed E-state index contributed by atoms with van der Waals surface area (Å²) in [4.78, 5) is 33.6. The molecule has 2 amide bonds. The molecule has 3 aromatic rings. The fraction of sp³-hybridized carbons (Fsp3) is 0.543. The van der Waals surface area contributed by atoms with Crippen LogP contribution in [0.1, 0.15) is 76.8 Å². The molecule has 2 aliphatic carbocycles. The number of carbonyl (C=O) groups excluding carboxylic acids is 2. The third-order valence-electron chi connectivity index (χ3n) is 9.41. The smallest absolute Gasteiger partial charge is 0.408 e. The van der Waals surface area contributed by atoms with Gasteiger partial charge in [0.15, 0.2) is 0 Å². The molecule has 2 aliphatic heterocycles. The SMILES string of the molecule is CC(C)(C)OC(=O)NC12CCC(CCc3c(F)cnc4ccc(OCC5(CNC(=O)OCc6ccccc6)CC5)nc34)(CC1)OC2. The number of ether oxygens (including phenoxy) is 4. The van der Waals surface area contributed by atoms with Crippen molar-refractivity contribution in [1.82, 2.24) is 20.6 Å². The zero-order chi connectivity index (χ0) is 32.4. The predicted octanol–water partition coefficient (Wildman–Crippen LogP) is 6.39. The Bertz CT molecular complexity index is 1550. The summed E-state index contributed by atoms with van der Waals surface area (Å²) < 4.78 is 38.5. The van der Waals surface area contributed by atoms with Crippen molar-refractivity contribution in [2.24, 2.45) is 5.41 Å². The molecule has 10 nitrogen and oxygen atoms in total. The van der Waals surface area contributed by atoms with Crippen LogP contribution in [0.15, 0.2) is 48.7 Å². The molecule has 0 radical (unpaired) electrons. The van der Waals surface area contributed by atoms with Gasteiger partial charge in [-0.25, -0.2) is 19.0 Å². The molecule has 1 aromatic carbocycles. The van der Waals surface area contributed by atoms with E-state index < -0.39 is 29.1 Å². The van der Waals surface area contributed by atoms with Crippen LogP contribution in [0.5, 0.6) is 5.88 Å². The Balaban J connectivity index is 1.03. The number of aromatic nitrogens is 2. The van der Waals surface area contributed by atoms with E-state index in [1.165, 1.54) is 6.20 Å². The van der Waals surface area contributed by atoms with Crippen molar-refractivity contribution in [3.05, 3.63) is 65.6 Å². The van der Waals surface area contributed by atoms with Gasteiger partial charge in [-0.3, -0.25) is 4.98 Å². The maximum Gasteiger partial charge on any atom is 0.408 e. The minimum Gasteiger partial charge on any atom is -0.477 e. The summed E-state index contributed by atoms with van der Waals surface area (Å²) in [7, 11) is 0. The Labute approximate surface area is 268 Å². The number of hydrogen-bond donors (Lipinski definition) is 2. The minimum atomic E-state index is -0.569. The van der Waals surface area contributed by atoms with Crippen LogP contribution in [0.25, 0.3) is 11.0 Å². The lowest BCUT2D eigenvalue weighted by Gasteiger charge is -2.53.